The van der Waals surface area contributed by atoms with Crippen molar-refractivity contribution in [1.82, 2.24) is 0 Å². The molecule has 5 nitrogen and oxygen atoms in total. The summed E-state index contributed by atoms with van der Waals surface area (Å²) in [6, 6.07) is 4.28. The Morgan fingerprint density at radius 3 is 2.84 bits per heavy atom. The molecule has 0 bridgehead atoms. The van der Waals surface area contributed by atoms with Crippen LogP contribution >= 0.6 is 0 Å². The zero-order valence-electron chi connectivity index (χ0n) is 10.5. The smallest absolute Gasteiger partial charge is 0.221 e. The Kier molecular flexibility index (Phi) is 3.97. The lowest BCUT2D eigenvalue weighted by molar-refractivity contribution is -0.114. The minimum Gasteiger partial charge on any atom is -0.381 e. The molecule has 0 unspecified atom stereocenters. The lowest BCUT2D eigenvalue weighted by atomic mass is 10.1. The molecule has 1 aromatic rings. The molecular formula is C13H14FN3O2. The fourth-order valence-electron chi connectivity index (χ4n) is 1.77. The van der Waals surface area contributed by atoms with Gasteiger partial charge in [0.2, 0.25) is 5.91 Å². The van der Waals surface area contributed by atoms with Crippen LogP contribution in [0.25, 0.3) is 0 Å². The monoisotopic (exact) mass is 263 g/mol. The predicted octanol–water partition coefficient (Wildman–Crippen LogP) is 1.86. The SMILES string of the molecule is CC(=O)Nc1cc(C#N)c(F)cc1NC[C@@H]1CCO1. The van der Waals surface area contributed by atoms with Gasteiger partial charge < -0.3 is 15.4 Å². The number of carbonyl (C=O) groups excluding carboxylic acids is 1. The van der Waals surface area contributed by atoms with E-state index in [1.165, 1.54) is 19.1 Å². The fraction of sp³-hybridized carbons (Fsp3) is 0.385. The van der Waals surface area contributed by atoms with Crippen LogP contribution in [0.1, 0.15) is 18.9 Å². The lowest BCUT2D eigenvalue weighted by Crippen LogP contribution is -2.33. The third-order valence-electron chi connectivity index (χ3n) is 2.85. The van der Waals surface area contributed by atoms with Crippen molar-refractivity contribution in [3.05, 3.63) is 23.5 Å². The number of benzene rings is 1. The van der Waals surface area contributed by atoms with Crippen molar-refractivity contribution in [2.45, 2.75) is 19.4 Å². The summed E-state index contributed by atoms with van der Waals surface area (Å²) < 4.78 is 18.8. The van der Waals surface area contributed by atoms with Crippen LogP contribution in [-0.4, -0.2) is 25.2 Å². The van der Waals surface area contributed by atoms with Gasteiger partial charge in [0.05, 0.1) is 23.0 Å². The van der Waals surface area contributed by atoms with Gasteiger partial charge in [0.15, 0.2) is 0 Å². The highest BCUT2D eigenvalue weighted by Crippen LogP contribution is 2.26. The van der Waals surface area contributed by atoms with E-state index in [2.05, 4.69) is 10.6 Å². The highest BCUT2D eigenvalue weighted by molar-refractivity contribution is 5.93. The number of nitriles is 1. The third-order valence-corrected chi connectivity index (χ3v) is 2.85. The minimum atomic E-state index is -0.617. The number of nitrogens with one attached hydrogen (secondary N) is 2. The summed E-state index contributed by atoms with van der Waals surface area (Å²) in [4.78, 5) is 11.1. The Balaban J connectivity index is 2.20. The number of nitrogens with zero attached hydrogens (tertiary/aromatic N) is 1. The maximum absolute atomic E-state index is 13.6. The average Bonchev–Trinajstić information content (AvgIpc) is 2.29. The van der Waals surface area contributed by atoms with Gasteiger partial charge in [-0.25, -0.2) is 4.39 Å². The average molecular weight is 263 g/mol. The number of ether oxygens (including phenoxy) is 1. The van der Waals surface area contributed by atoms with Crippen LogP contribution in [0, 0.1) is 17.1 Å². The Bertz CT molecular complexity index is 535. The van der Waals surface area contributed by atoms with Crippen molar-refractivity contribution in [2.24, 2.45) is 0 Å². The molecule has 0 aliphatic carbocycles. The molecule has 2 N–H and O–H groups in total. The molecule has 0 spiro atoms. The van der Waals surface area contributed by atoms with Crippen molar-refractivity contribution in [3.8, 4) is 6.07 Å². The van der Waals surface area contributed by atoms with E-state index in [1.54, 1.807) is 6.07 Å². The summed E-state index contributed by atoms with van der Waals surface area (Å²) in [5.41, 5.74) is 0.737. The molecule has 1 aromatic carbocycles. The van der Waals surface area contributed by atoms with E-state index >= 15 is 0 Å². The highest BCUT2D eigenvalue weighted by atomic mass is 19.1. The first-order chi connectivity index (χ1) is 9.10. The van der Waals surface area contributed by atoms with Crippen molar-refractivity contribution < 1.29 is 13.9 Å². The Morgan fingerprint density at radius 1 is 1.58 bits per heavy atom. The van der Waals surface area contributed by atoms with E-state index in [0.29, 0.717) is 17.9 Å². The van der Waals surface area contributed by atoms with E-state index in [0.717, 1.165) is 13.0 Å². The summed E-state index contributed by atoms with van der Waals surface area (Å²) >= 11 is 0. The number of rotatable bonds is 4. The standard InChI is InChI=1S/C13H14FN3O2/c1-8(18)17-13-4-9(6-15)11(14)5-12(13)16-7-10-2-3-19-10/h4-5,10,16H,2-3,7H2,1H3,(H,17,18)/t10-/m0/s1. The molecule has 1 saturated heterocycles. The van der Waals surface area contributed by atoms with E-state index in [1.807, 2.05) is 0 Å². The minimum absolute atomic E-state index is 0.103. The molecule has 2 rings (SSSR count). The number of hydrogen-bond donors (Lipinski definition) is 2. The predicted molar refractivity (Wildman–Crippen MR) is 68.3 cm³/mol. The molecule has 1 aliphatic rings. The Labute approximate surface area is 110 Å². The molecular weight excluding hydrogens is 249 g/mol. The molecule has 1 fully saturated rings. The van der Waals surface area contributed by atoms with Crippen LogP contribution in [0.4, 0.5) is 15.8 Å². The van der Waals surface area contributed by atoms with Crippen LogP contribution in [-0.2, 0) is 9.53 Å². The zero-order chi connectivity index (χ0) is 13.8. The van der Waals surface area contributed by atoms with Gasteiger partial charge in [-0.2, -0.15) is 5.26 Å². The van der Waals surface area contributed by atoms with Crippen LogP contribution < -0.4 is 10.6 Å². The molecule has 0 aromatic heterocycles. The maximum atomic E-state index is 13.6. The van der Waals surface area contributed by atoms with Gasteiger partial charge in [0, 0.05) is 26.1 Å². The van der Waals surface area contributed by atoms with Gasteiger partial charge >= 0.3 is 0 Å². The summed E-state index contributed by atoms with van der Waals surface area (Å²) in [5, 5.41) is 14.4. The summed E-state index contributed by atoms with van der Waals surface area (Å²) in [5.74, 6) is -0.896. The molecule has 0 saturated carbocycles. The third kappa shape index (κ3) is 3.20. The zero-order valence-corrected chi connectivity index (χ0v) is 10.5. The summed E-state index contributed by atoms with van der Waals surface area (Å²) in [7, 11) is 0. The molecule has 6 heteroatoms. The van der Waals surface area contributed by atoms with E-state index in [4.69, 9.17) is 10.00 Å². The van der Waals surface area contributed by atoms with E-state index < -0.39 is 5.82 Å². The summed E-state index contributed by atoms with van der Waals surface area (Å²) in [6.07, 6.45) is 1.07. The Hall–Kier alpha value is -2.13. The molecule has 100 valence electrons. The molecule has 1 amide bonds. The first-order valence-electron chi connectivity index (χ1n) is 5.97. The van der Waals surface area contributed by atoms with Crippen LogP contribution in [0.5, 0.6) is 0 Å². The number of anilines is 2. The van der Waals surface area contributed by atoms with E-state index in [9.17, 15) is 9.18 Å². The van der Waals surface area contributed by atoms with Crippen molar-refractivity contribution in [2.75, 3.05) is 23.8 Å². The normalized spacial score (nSPS) is 17.2. The van der Waals surface area contributed by atoms with Crippen LogP contribution in [0.3, 0.4) is 0 Å². The first-order valence-corrected chi connectivity index (χ1v) is 5.97. The first kappa shape index (κ1) is 13.3. The number of hydrogen-bond acceptors (Lipinski definition) is 4. The second kappa shape index (κ2) is 5.67. The second-order valence-electron chi connectivity index (χ2n) is 4.33. The van der Waals surface area contributed by atoms with Gasteiger partial charge in [0.1, 0.15) is 11.9 Å². The van der Waals surface area contributed by atoms with Gasteiger partial charge in [0.25, 0.3) is 0 Å². The number of halogens is 1. The van der Waals surface area contributed by atoms with E-state index in [-0.39, 0.29) is 17.6 Å². The fourth-order valence-corrected chi connectivity index (χ4v) is 1.77. The van der Waals surface area contributed by atoms with Crippen LogP contribution in [0.15, 0.2) is 12.1 Å². The van der Waals surface area contributed by atoms with Gasteiger partial charge in [-0.15, -0.1) is 0 Å². The van der Waals surface area contributed by atoms with Gasteiger partial charge in [-0.1, -0.05) is 0 Å². The second-order valence-corrected chi connectivity index (χ2v) is 4.33. The van der Waals surface area contributed by atoms with Crippen molar-refractivity contribution >= 4 is 17.3 Å². The highest BCUT2D eigenvalue weighted by Gasteiger charge is 2.18. The van der Waals surface area contributed by atoms with Crippen molar-refractivity contribution in [1.29, 1.82) is 5.26 Å². The van der Waals surface area contributed by atoms with Gasteiger partial charge in [-0.05, 0) is 12.5 Å². The van der Waals surface area contributed by atoms with Crippen molar-refractivity contribution in [3.63, 3.8) is 0 Å². The number of carbonyl (C=O) groups is 1. The molecule has 1 aliphatic heterocycles. The Morgan fingerprint density at radius 2 is 2.32 bits per heavy atom. The maximum Gasteiger partial charge on any atom is 0.221 e. The molecule has 19 heavy (non-hydrogen) atoms. The molecule has 1 heterocycles. The number of amides is 1. The molecule has 1 atom stereocenters. The quantitative estimate of drug-likeness (QED) is 0.869. The topological polar surface area (TPSA) is 74.2 Å². The lowest BCUT2D eigenvalue weighted by Gasteiger charge is -2.27. The largest absolute Gasteiger partial charge is 0.381 e. The van der Waals surface area contributed by atoms with Gasteiger partial charge in [-0.3, -0.25) is 4.79 Å². The van der Waals surface area contributed by atoms with Crippen LogP contribution in [0.2, 0.25) is 0 Å². The molecule has 0 radical (unpaired) electrons. The summed E-state index contributed by atoms with van der Waals surface area (Å²) in [6.45, 7) is 2.64.